The number of carbonyl (C=O) groups excluding carboxylic acids is 1. The zero-order valence-electron chi connectivity index (χ0n) is 14.8. The Hall–Kier alpha value is -2.58. The lowest BCUT2D eigenvalue weighted by molar-refractivity contribution is 0.0308. The Balaban J connectivity index is 1.86. The first-order valence-electron chi connectivity index (χ1n) is 7.97. The number of benzene rings is 1. The quantitative estimate of drug-likeness (QED) is 0.613. The highest BCUT2D eigenvalue weighted by Gasteiger charge is 2.19. The van der Waals surface area contributed by atoms with E-state index in [4.69, 9.17) is 27.9 Å². The first kappa shape index (κ1) is 19.2. The number of hydrogen-bond acceptors (Lipinski definition) is 5. The van der Waals surface area contributed by atoms with Crippen LogP contribution in [0.2, 0.25) is 10.0 Å². The molecule has 0 aliphatic rings. The van der Waals surface area contributed by atoms with Crippen LogP contribution in [0.15, 0.2) is 34.1 Å². The standard InChI is InChI=1S/C17H16Cl2N4O4/c1-9(27-16(25)11-5-4-10(18)6-12(11)19)7-23-8-20-14-13(23)15(24)22(3)17(26)21(14)2/h4-6,8-9H,7H2,1-3H3. The fourth-order valence-corrected chi connectivity index (χ4v) is 3.24. The molecule has 0 bridgehead atoms. The Kier molecular flexibility index (Phi) is 5.12. The molecule has 27 heavy (non-hydrogen) atoms. The molecule has 0 aliphatic heterocycles. The predicted octanol–water partition coefficient (Wildman–Crippen LogP) is 1.99. The van der Waals surface area contributed by atoms with Gasteiger partial charge in [0.1, 0.15) is 6.10 Å². The normalized spacial score (nSPS) is 12.3. The number of carbonyl (C=O) groups is 1. The first-order valence-corrected chi connectivity index (χ1v) is 8.73. The van der Waals surface area contributed by atoms with Crippen LogP contribution >= 0.6 is 23.2 Å². The molecule has 3 rings (SSSR count). The van der Waals surface area contributed by atoms with Crippen molar-refractivity contribution in [2.24, 2.45) is 14.1 Å². The van der Waals surface area contributed by atoms with Gasteiger partial charge in [-0.1, -0.05) is 23.2 Å². The summed E-state index contributed by atoms with van der Waals surface area (Å²) in [5.41, 5.74) is -0.212. The maximum atomic E-state index is 12.4. The highest BCUT2D eigenvalue weighted by atomic mass is 35.5. The van der Waals surface area contributed by atoms with Crippen LogP contribution in [-0.4, -0.2) is 30.8 Å². The second-order valence-electron chi connectivity index (χ2n) is 6.11. The van der Waals surface area contributed by atoms with E-state index in [-0.39, 0.29) is 28.3 Å². The van der Waals surface area contributed by atoms with Crippen molar-refractivity contribution in [1.29, 1.82) is 0 Å². The zero-order valence-corrected chi connectivity index (χ0v) is 16.3. The third kappa shape index (κ3) is 3.50. The lowest BCUT2D eigenvalue weighted by Crippen LogP contribution is -2.37. The van der Waals surface area contributed by atoms with E-state index in [0.29, 0.717) is 5.02 Å². The second kappa shape index (κ2) is 7.21. The number of nitrogens with zero attached hydrogens (tertiary/aromatic N) is 4. The van der Waals surface area contributed by atoms with E-state index in [2.05, 4.69) is 4.98 Å². The summed E-state index contributed by atoms with van der Waals surface area (Å²) in [5, 5.41) is 0.604. The summed E-state index contributed by atoms with van der Waals surface area (Å²) in [5.74, 6) is -0.603. The van der Waals surface area contributed by atoms with Crippen molar-refractivity contribution < 1.29 is 9.53 Å². The molecule has 10 heteroatoms. The summed E-state index contributed by atoms with van der Waals surface area (Å²) in [6, 6.07) is 4.48. The lowest BCUT2D eigenvalue weighted by atomic mass is 10.2. The minimum atomic E-state index is -0.603. The van der Waals surface area contributed by atoms with Crippen LogP contribution in [0.1, 0.15) is 17.3 Å². The predicted molar refractivity (Wildman–Crippen MR) is 102 cm³/mol. The second-order valence-corrected chi connectivity index (χ2v) is 6.96. The van der Waals surface area contributed by atoms with Gasteiger partial charge in [-0.05, 0) is 25.1 Å². The largest absolute Gasteiger partial charge is 0.457 e. The van der Waals surface area contributed by atoms with Gasteiger partial charge in [0.25, 0.3) is 5.56 Å². The molecule has 0 amide bonds. The Morgan fingerprint density at radius 2 is 1.93 bits per heavy atom. The van der Waals surface area contributed by atoms with Crippen LogP contribution < -0.4 is 11.2 Å². The molecule has 1 atom stereocenters. The summed E-state index contributed by atoms with van der Waals surface area (Å²) in [6.07, 6.45) is 0.856. The number of halogens is 2. The van der Waals surface area contributed by atoms with Crippen LogP contribution in [-0.2, 0) is 25.4 Å². The van der Waals surface area contributed by atoms with Gasteiger partial charge >= 0.3 is 11.7 Å². The molecule has 8 nitrogen and oxygen atoms in total. The molecular weight excluding hydrogens is 395 g/mol. The van der Waals surface area contributed by atoms with Crippen molar-refractivity contribution in [3.63, 3.8) is 0 Å². The summed E-state index contributed by atoms with van der Waals surface area (Å²) < 4.78 is 9.26. The molecule has 142 valence electrons. The lowest BCUT2D eigenvalue weighted by Gasteiger charge is -2.15. The van der Waals surface area contributed by atoms with E-state index in [9.17, 15) is 14.4 Å². The fourth-order valence-electron chi connectivity index (χ4n) is 2.75. The maximum absolute atomic E-state index is 12.4. The number of aryl methyl sites for hydroxylation is 1. The summed E-state index contributed by atoms with van der Waals surface area (Å²) >= 11 is 11.8. The van der Waals surface area contributed by atoms with E-state index in [1.165, 1.54) is 37.1 Å². The molecule has 0 saturated heterocycles. The van der Waals surface area contributed by atoms with Gasteiger partial charge < -0.3 is 9.30 Å². The number of aromatic nitrogens is 4. The van der Waals surface area contributed by atoms with Gasteiger partial charge in [-0.25, -0.2) is 14.6 Å². The van der Waals surface area contributed by atoms with Crippen LogP contribution in [0, 0.1) is 0 Å². The first-order chi connectivity index (χ1) is 12.7. The maximum Gasteiger partial charge on any atom is 0.339 e. The molecule has 1 aromatic carbocycles. The molecule has 0 spiro atoms. The molecule has 1 unspecified atom stereocenters. The van der Waals surface area contributed by atoms with Crippen molar-refractivity contribution >= 4 is 40.3 Å². The third-order valence-corrected chi connectivity index (χ3v) is 4.68. The van der Waals surface area contributed by atoms with Crippen molar-refractivity contribution in [3.8, 4) is 0 Å². The summed E-state index contributed by atoms with van der Waals surface area (Å²) in [6.45, 7) is 1.86. The number of ether oxygens (including phenoxy) is 1. The fraction of sp³-hybridized carbons (Fsp3) is 0.294. The van der Waals surface area contributed by atoms with E-state index in [1.807, 2.05) is 0 Å². The van der Waals surface area contributed by atoms with Gasteiger partial charge in [-0.15, -0.1) is 0 Å². The van der Waals surface area contributed by atoms with Gasteiger partial charge in [0.2, 0.25) is 0 Å². The summed E-state index contributed by atoms with van der Waals surface area (Å²) in [4.78, 5) is 40.9. The van der Waals surface area contributed by atoms with E-state index < -0.39 is 23.3 Å². The zero-order chi connectivity index (χ0) is 19.9. The van der Waals surface area contributed by atoms with E-state index in [1.54, 1.807) is 17.6 Å². The Bertz CT molecular complexity index is 1160. The van der Waals surface area contributed by atoms with Gasteiger partial charge in [0, 0.05) is 19.1 Å². The highest BCUT2D eigenvalue weighted by Crippen LogP contribution is 2.22. The Morgan fingerprint density at radius 1 is 1.22 bits per heavy atom. The van der Waals surface area contributed by atoms with Crippen LogP contribution in [0.3, 0.4) is 0 Å². The number of hydrogen-bond donors (Lipinski definition) is 0. The number of esters is 1. The van der Waals surface area contributed by atoms with Crippen LogP contribution in [0.5, 0.6) is 0 Å². The monoisotopic (exact) mass is 410 g/mol. The van der Waals surface area contributed by atoms with Gasteiger partial charge in [-0.2, -0.15) is 0 Å². The van der Waals surface area contributed by atoms with Gasteiger partial charge in [0.05, 0.1) is 23.5 Å². The molecule has 2 aromatic heterocycles. The average Bonchev–Trinajstić information content (AvgIpc) is 3.01. The number of rotatable bonds is 4. The minimum absolute atomic E-state index is 0.181. The third-order valence-electron chi connectivity index (χ3n) is 4.13. The molecule has 0 radical (unpaired) electrons. The van der Waals surface area contributed by atoms with Gasteiger partial charge in [0.15, 0.2) is 11.2 Å². The highest BCUT2D eigenvalue weighted by molar-refractivity contribution is 6.36. The summed E-state index contributed by atoms with van der Waals surface area (Å²) in [7, 11) is 2.93. The van der Waals surface area contributed by atoms with Gasteiger partial charge in [-0.3, -0.25) is 13.9 Å². The average molecular weight is 411 g/mol. The molecule has 0 saturated carbocycles. The molecule has 0 aliphatic carbocycles. The van der Waals surface area contributed by atoms with Crippen molar-refractivity contribution in [2.75, 3.05) is 0 Å². The molecule has 3 aromatic rings. The van der Waals surface area contributed by atoms with Crippen molar-refractivity contribution in [2.45, 2.75) is 19.6 Å². The minimum Gasteiger partial charge on any atom is -0.457 e. The molecule has 0 fully saturated rings. The molecule has 0 N–H and O–H groups in total. The van der Waals surface area contributed by atoms with Crippen molar-refractivity contribution in [3.05, 3.63) is 61.0 Å². The number of fused-ring (bicyclic) bond motifs is 1. The van der Waals surface area contributed by atoms with E-state index >= 15 is 0 Å². The van der Waals surface area contributed by atoms with Crippen molar-refractivity contribution in [1.82, 2.24) is 18.7 Å². The SMILES string of the molecule is CC(Cn1cnc2c1c(=O)n(C)c(=O)n2C)OC(=O)c1ccc(Cl)cc1Cl. The molecular formula is C17H16Cl2N4O4. The topological polar surface area (TPSA) is 88.1 Å². The van der Waals surface area contributed by atoms with Crippen LogP contribution in [0.25, 0.3) is 11.2 Å². The molecule has 2 heterocycles. The number of imidazole rings is 1. The smallest absolute Gasteiger partial charge is 0.339 e. The Morgan fingerprint density at radius 3 is 2.59 bits per heavy atom. The van der Waals surface area contributed by atoms with Crippen LogP contribution in [0.4, 0.5) is 0 Å². The van der Waals surface area contributed by atoms with E-state index in [0.717, 1.165) is 4.57 Å². The Labute approximate surface area is 163 Å².